The van der Waals surface area contributed by atoms with Gasteiger partial charge >= 0.3 is 0 Å². The van der Waals surface area contributed by atoms with Gasteiger partial charge in [0.2, 0.25) is 6.08 Å². The first-order chi connectivity index (χ1) is 5.85. The van der Waals surface area contributed by atoms with Crippen molar-refractivity contribution in [2.75, 3.05) is 18.9 Å². The van der Waals surface area contributed by atoms with Crippen LogP contribution in [0.1, 0.15) is 6.92 Å². The Morgan fingerprint density at radius 2 is 2.50 bits per heavy atom. The molecule has 0 spiro atoms. The van der Waals surface area contributed by atoms with Crippen LogP contribution in [-0.4, -0.2) is 30.2 Å². The molecule has 0 aromatic heterocycles. The third-order valence-corrected chi connectivity index (χ3v) is 2.19. The Labute approximate surface area is 75.6 Å². The van der Waals surface area contributed by atoms with Crippen molar-refractivity contribution < 1.29 is 9.53 Å². The molecule has 0 aliphatic heterocycles. The van der Waals surface area contributed by atoms with Crippen LogP contribution in [0.4, 0.5) is 0 Å². The summed E-state index contributed by atoms with van der Waals surface area (Å²) in [6.07, 6.45) is 3.04. The van der Waals surface area contributed by atoms with Gasteiger partial charge < -0.3 is 4.74 Å². The van der Waals surface area contributed by atoms with Crippen molar-refractivity contribution in [3.05, 3.63) is 0 Å². The number of ether oxygens (including phenoxy) is 1. The van der Waals surface area contributed by atoms with Gasteiger partial charge in [-0.05, 0) is 5.75 Å². The number of aliphatic imine (C=N–C) groups is 1. The lowest BCUT2D eigenvalue weighted by atomic mass is 10.4. The van der Waals surface area contributed by atoms with E-state index in [9.17, 15) is 4.79 Å². The fourth-order valence-electron chi connectivity index (χ4n) is 0.659. The lowest BCUT2D eigenvalue weighted by molar-refractivity contribution is 0.272. The molecule has 0 aliphatic rings. The lowest BCUT2D eigenvalue weighted by Gasteiger charge is -2.08. The molecule has 0 N–H and O–H groups in total. The highest BCUT2D eigenvalue weighted by Gasteiger charge is 2.07. The van der Waals surface area contributed by atoms with E-state index < -0.39 is 0 Å². The molecular weight excluding hydrogens is 176 g/mol. The van der Waals surface area contributed by atoms with E-state index in [1.807, 2.05) is 6.92 Å². The SMILES string of the molecule is CCSC(CN=C=O)COC#N. The smallest absolute Gasteiger partial charge is 0.286 e. The van der Waals surface area contributed by atoms with Gasteiger partial charge in [-0.2, -0.15) is 17.0 Å². The zero-order valence-corrected chi connectivity index (χ0v) is 7.63. The number of hydrogen-bond acceptors (Lipinski definition) is 5. The maximum absolute atomic E-state index is 9.78. The molecule has 1 unspecified atom stereocenters. The molecule has 5 heteroatoms. The molecule has 0 aliphatic carbocycles. The van der Waals surface area contributed by atoms with Crippen LogP contribution >= 0.6 is 11.8 Å². The minimum atomic E-state index is 0.0797. The molecule has 1 atom stereocenters. The summed E-state index contributed by atoms with van der Waals surface area (Å²) in [5, 5.41) is 8.20. The largest absolute Gasteiger partial charge is 0.426 e. The Balaban J connectivity index is 3.70. The van der Waals surface area contributed by atoms with Crippen molar-refractivity contribution in [3.63, 3.8) is 0 Å². The Morgan fingerprint density at radius 3 is 3.00 bits per heavy atom. The van der Waals surface area contributed by atoms with E-state index in [1.165, 1.54) is 6.08 Å². The highest BCUT2D eigenvalue weighted by atomic mass is 32.2. The minimum Gasteiger partial charge on any atom is -0.426 e. The van der Waals surface area contributed by atoms with E-state index >= 15 is 0 Å². The van der Waals surface area contributed by atoms with Crippen LogP contribution in [0, 0.1) is 11.5 Å². The normalized spacial score (nSPS) is 11.0. The summed E-state index contributed by atoms with van der Waals surface area (Å²) in [4.78, 5) is 13.2. The van der Waals surface area contributed by atoms with E-state index in [0.29, 0.717) is 13.2 Å². The zero-order valence-electron chi connectivity index (χ0n) is 6.82. The van der Waals surface area contributed by atoms with Crippen molar-refractivity contribution in [1.29, 1.82) is 5.26 Å². The molecule has 0 amide bonds. The summed E-state index contributed by atoms with van der Waals surface area (Å²) in [6.45, 7) is 2.67. The quantitative estimate of drug-likeness (QED) is 0.352. The molecule has 4 nitrogen and oxygen atoms in total. The van der Waals surface area contributed by atoms with E-state index in [-0.39, 0.29) is 5.25 Å². The van der Waals surface area contributed by atoms with Crippen molar-refractivity contribution in [3.8, 4) is 6.26 Å². The van der Waals surface area contributed by atoms with Crippen molar-refractivity contribution in [2.24, 2.45) is 4.99 Å². The first-order valence-electron chi connectivity index (χ1n) is 3.51. The molecular formula is C7H10N2O2S. The predicted octanol–water partition coefficient (Wildman–Crippen LogP) is 0.942. The minimum absolute atomic E-state index is 0.0797. The zero-order chi connectivity index (χ0) is 9.23. The van der Waals surface area contributed by atoms with Crippen LogP contribution in [0.3, 0.4) is 0 Å². The summed E-state index contributed by atoms with van der Waals surface area (Å²) in [5.74, 6) is 0.911. The van der Waals surface area contributed by atoms with Crippen molar-refractivity contribution in [2.45, 2.75) is 12.2 Å². The number of nitrogens with zero attached hydrogens (tertiary/aromatic N) is 2. The highest BCUT2D eigenvalue weighted by Crippen LogP contribution is 2.10. The molecule has 0 bridgehead atoms. The molecule has 0 saturated heterocycles. The molecule has 0 saturated carbocycles. The standard InChI is InChI=1S/C7H10N2O2S/c1-2-12-7(3-9-6-10)4-11-5-8/h7H,2-4H2,1H3. The van der Waals surface area contributed by atoms with Crippen molar-refractivity contribution >= 4 is 17.8 Å². The number of rotatable bonds is 6. The maximum atomic E-state index is 9.78. The summed E-state index contributed by atoms with van der Waals surface area (Å²) < 4.78 is 4.54. The first-order valence-corrected chi connectivity index (χ1v) is 4.56. The van der Waals surface area contributed by atoms with Crippen LogP contribution in [0.25, 0.3) is 0 Å². The molecule has 0 heterocycles. The average Bonchev–Trinajstić information content (AvgIpc) is 2.10. The third-order valence-electron chi connectivity index (χ3n) is 1.10. The molecule has 0 rings (SSSR count). The Morgan fingerprint density at radius 1 is 1.75 bits per heavy atom. The predicted molar refractivity (Wildman–Crippen MR) is 46.5 cm³/mol. The Bertz CT molecular complexity index is 196. The average molecular weight is 186 g/mol. The van der Waals surface area contributed by atoms with Gasteiger partial charge in [-0.3, -0.25) is 0 Å². The molecule has 0 fully saturated rings. The van der Waals surface area contributed by atoms with Gasteiger partial charge in [0.25, 0.3) is 6.26 Å². The second-order valence-corrected chi connectivity index (χ2v) is 3.49. The molecule has 12 heavy (non-hydrogen) atoms. The van der Waals surface area contributed by atoms with Gasteiger partial charge in [-0.1, -0.05) is 6.92 Å². The molecule has 0 aromatic rings. The van der Waals surface area contributed by atoms with Crippen molar-refractivity contribution in [1.82, 2.24) is 0 Å². The molecule has 0 radical (unpaired) electrons. The van der Waals surface area contributed by atoms with Crippen LogP contribution < -0.4 is 0 Å². The number of nitriles is 1. The van der Waals surface area contributed by atoms with Crippen LogP contribution in [0.2, 0.25) is 0 Å². The van der Waals surface area contributed by atoms with Crippen LogP contribution in [-0.2, 0) is 9.53 Å². The number of thioether (sulfide) groups is 1. The van der Waals surface area contributed by atoms with Gasteiger partial charge in [0.1, 0.15) is 6.61 Å². The number of isocyanates is 1. The second-order valence-electron chi connectivity index (χ2n) is 1.91. The van der Waals surface area contributed by atoms with Crippen LogP contribution in [0.5, 0.6) is 0 Å². The second kappa shape index (κ2) is 8.12. The van der Waals surface area contributed by atoms with Gasteiger partial charge in [-0.15, -0.1) is 0 Å². The van der Waals surface area contributed by atoms with E-state index in [2.05, 4.69) is 9.73 Å². The fourth-order valence-corrected chi connectivity index (χ4v) is 1.47. The topological polar surface area (TPSA) is 62.4 Å². The van der Waals surface area contributed by atoms with E-state index in [0.717, 1.165) is 5.75 Å². The number of hydrogen-bond donors (Lipinski definition) is 0. The summed E-state index contributed by atoms with van der Waals surface area (Å²) in [5.41, 5.74) is 0. The number of carbonyl (C=O) groups excluding carboxylic acids is 1. The summed E-state index contributed by atoms with van der Waals surface area (Å²) >= 11 is 1.61. The van der Waals surface area contributed by atoms with Gasteiger partial charge in [0, 0.05) is 0 Å². The Kier molecular flexibility index (Phi) is 7.46. The van der Waals surface area contributed by atoms with Gasteiger partial charge in [-0.25, -0.2) is 9.79 Å². The van der Waals surface area contributed by atoms with E-state index in [1.54, 1.807) is 18.0 Å². The lowest BCUT2D eigenvalue weighted by Crippen LogP contribution is -2.14. The summed E-state index contributed by atoms with van der Waals surface area (Å²) in [7, 11) is 0. The van der Waals surface area contributed by atoms with Crippen LogP contribution in [0.15, 0.2) is 4.99 Å². The third kappa shape index (κ3) is 5.78. The van der Waals surface area contributed by atoms with E-state index in [4.69, 9.17) is 5.26 Å². The maximum Gasteiger partial charge on any atom is 0.286 e. The Hall–Kier alpha value is -0.980. The fraction of sp³-hybridized carbons (Fsp3) is 0.714. The van der Waals surface area contributed by atoms with Gasteiger partial charge in [0.15, 0.2) is 0 Å². The molecule has 66 valence electrons. The van der Waals surface area contributed by atoms with Gasteiger partial charge in [0.05, 0.1) is 11.8 Å². The monoisotopic (exact) mass is 186 g/mol. The summed E-state index contributed by atoms with van der Waals surface area (Å²) in [6, 6.07) is 0. The first kappa shape index (κ1) is 11.0. The molecule has 0 aromatic carbocycles. The highest BCUT2D eigenvalue weighted by molar-refractivity contribution is 7.99.